The topological polar surface area (TPSA) is 3.24 Å². The van der Waals surface area contributed by atoms with Crippen LogP contribution in [0.15, 0.2) is 346 Å². The lowest BCUT2D eigenvalue weighted by Gasteiger charge is -2.26. The van der Waals surface area contributed by atoms with Crippen molar-refractivity contribution in [2.75, 3.05) is 4.90 Å². The predicted molar refractivity (Wildman–Crippen MR) is 394 cm³/mol. The number of allylic oxidation sites excluding steroid dienone is 5. The minimum absolute atomic E-state index is 1.08. The highest BCUT2D eigenvalue weighted by Gasteiger charge is 2.35. The molecule has 0 bridgehead atoms. The first kappa shape index (κ1) is 54.3. The van der Waals surface area contributed by atoms with Gasteiger partial charge in [0.2, 0.25) is 0 Å². The average molecular weight is 1170 g/mol. The molecule has 1 nitrogen and oxygen atoms in total. The molecule has 2 aliphatic carbocycles. The number of fused-ring (bicyclic) bond motifs is 7. The van der Waals surface area contributed by atoms with Crippen molar-refractivity contribution in [1.29, 1.82) is 0 Å². The molecule has 0 aromatic heterocycles. The van der Waals surface area contributed by atoms with Crippen LogP contribution < -0.4 is 4.90 Å². The molecule has 0 heterocycles. The molecule has 0 unspecified atom stereocenters. The van der Waals surface area contributed by atoms with E-state index >= 15 is 0 Å². The van der Waals surface area contributed by atoms with Gasteiger partial charge in [0.15, 0.2) is 0 Å². The molecule has 1 heteroatoms. The number of nitrogens with zero attached hydrogens (tertiary/aromatic N) is 1. The SMILES string of the molecule is C=C/C=C\C=C(/C)c1c(-c2ccccc2)c(-c2ccccc2)c(-c2ccccc2)c2c1-c1cccc3c(-c4ccc(N(c5ccccc5)c5ccc(-c6ccc7c8c(cccc68)-c6c-7c(-c7ccccc7)c7ccccc7c6-c6ccccc6)cc5)cc4)ccc-2c13. The van der Waals surface area contributed by atoms with Crippen LogP contribution in [-0.4, -0.2) is 0 Å². The van der Waals surface area contributed by atoms with Gasteiger partial charge in [-0.15, -0.1) is 0 Å². The Labute approximate surface area is 537 Å². The summed E-state index contributed by atoms with van der Waals surface area (Å²) in [5.74, 6) is 0. The van der Waals surface area contributed by atoms with Crippen LogP contribution in [0.2, 0.25) is 0 Å². The van der Waals surface area contributed by atoms with Crippen LogP contribution in [0.25, 0.3) is 160 Å². The fourth-order valence-corrected chi connectivity index (χ4v) is 15.3. The maximum Gasteiger partial charge on any atom is 0.0462 e. The van der Waals surface area contributed by atoms with E-state index in [1.165, 1.54) is 160 Å². The Hall–Kier alpha value is -11.9. The smallest absolute Gasteiger partial charge is 0.0462 e. The van der Waals surface area contributed by atoms with Gasteiger partial charge in [-0.05, 0) is 209 Å². The fourth-order valence-electron chi connectivity index (χ4n) is 15.3. The van der Waals surface area contributed by atoms with Crippen molar-refractivity contribution >= 4 is 55.0 Å². The van der Waals surface area contributed by atoms with Gasteiger partial charge in [-0.3, -0.25) is 0 Å². The van der Waals surface area contributed by atoms with E-state index in [-0.39, 0.29) is 0 Å². The third-order valence-electron chi connectivity index (χ3n) is 19.1. The van der Waals surface area contributed by atoms with Crippen LogP contribution in [0.1, 0.15) is 12.5 Å². The molecule has 15 aromatic rings. The first-order valence-electron chi connectivity index (χ1n) is 31.9. The number of hydrogen-bond donors (Lipinski definition) is 0. The quantitative estimate of drug-likeness (QED) is 0.104. The van der Waals surface area contributed by atoms with Gasteiger partial charge in [-0.2, -0.15) is 0 Å². The lowest BCUT2D eigenvalue weighted by molar-refractivity contribution is 1.28. The third kappa shape index (κ3) is 8.77. The van der Waals surface area contributed by atoms with Crippen LogP contribution in [-0.2, 0) is 0 Å². The van der Waals surface area contributed by atoms with Crippen molar-refractivity contribution in [1.82, 2.24) is 0 Å². The van der Waals surface area contributed by atoms with Crippen LogP contribution in [0, 0.1) is 0 Å². The molecule has 17 rings (SSSR count). The lowest BCUT2D eigenvalue weighted by Crippen LogP contribution is -2.09. The summed E-state index contributed by atoms with van der Waals surface area (Å²) >= 11 is 0. The monoisotopic (exact) mass is 1170 g/mol. The number of anilines is 3. The van der Waals surface area contributed by atoms with E-state index in [1.54, 1.807) is 0 Å². The number of para-hydroxylation sites is 1. The first-order chi connectivity index (χ1) is 45.6. The zero-order valence-electron chi connectivity index (χ0n) is 51.0. The normalized spacial score (nSPS) is 12.0. The van der Waals surface area contributed by atoms with Gasteiger partial charge in [0.25, 0.3) is 0 Å². The van der Waals surface area contributed by atoms with Crippen molar-refractivity contribution in [2.45, 2.75) is 6.92 Å². The van der Waals surface area contributed by atoms with Crippen molar-refractivity contribution in [2.24, 2.45) is 0 Å². The highest BCUT2D eigenvalue weighted by Crippen LogP contribution is 2.62. The molecular weight excluding hydrogens is 1110 g/mol. The number of benzene rings is 15. The molecule has 0 spiro atoms. The molecule has 0 aliphatic heterocycles. The fraction of sp³-hybridized carbons (Fsp3) is 0.0110. The molecule has 0 fully saturated rings. The maximum absolute atomic E-state index is 4.01. The van der Waals surface area contributed by atoms with Gasteiger partial charge in [0.1, 0.15) is 0 Å². The number of hydrogen-bond acceptors (Lipinski definition) is 1. The molecule has 0 N–H and O–H groups in total. The Morgan fingerprint density at radius 3 is 1.01 bits per heavy atom. The molecule has 430 valence electrons. The average Bonchev–Trinajstić information content (AvgIpc) is 1.53. The van der Waals surface area contributed by atoms with E-state index in [4.69, 9.17) is 0 Å². The Morgan fingerprint density at radius 1 is 0.250 bits per heavy atom. The largest absolute Gasteiger partial charge is 0.311 e. The summed E-state index contributed by atoms with van der Waals surface area (Å²) in [6.07, 6.45) is 8.23. The van der Waals surface area contributed by atoms with Crippen LogP contribution in [0.5, 0.6) is 0 Å². The zero-order chi connectivity index (χ0) is 61.2. The predicted octanol–water partition coefficient (Wildman–Crippen LogP) is 25.7. The summed E-state index contributed by atoms with van der Waals surface area (Å²) < 4.78 is 0. The molecule has 0 saturated heterocycles. The molecule has 15 aromatic carbocycles. The summed E-state index contributed by atoms with van der Waals surface area (Å²) in [7, 11) is 0. The molecular formula is C91H61N. The third-order valence-corrected chi connectivity index (χ3v) is 19.1. The molecule has 0 atom stereocenters. The Kier molecular flexibility index (Phi) is 13.3. The van der Waals surface area contributed by atoms with Gasteiger partial charge in [0, 0.05) is 17.1 Å². The second kappa shape index (κ2) is 22.6. The Bertz CT molecular complexity index is 5360. The number of rotatable bonds is 13. The van der Waals surface area contributed by atoms with Gasteiger partial charge >= 0.3 is 0 Å². The van der Waals surface area contributed by atoms with Gasteiger partial charge in [-0.1, -0.05) is 310 Å². The van der Waals surface area contributed by atoms with Crippen LogP contribution in [0.4, 0.5) is 17.1 Å². The highest BCUT2D eigenvalue weighted by molar-refractivity contribution is 6.30. The molecule has 2 aliphatic rings. The van der Waals surface area contributed by atoms with Crippen LogP contribution >= 0.6 is 0 Å². The molecule has 92 heavy (non-hydrogen) atoms. The summed E-state index contributed by atoms with van der Waals surface area (Å²) in [6, 6.07) is 117. The van der Waals surface area contributed by atoms with E-state index in [2.05, 4.69) is 346 Å². The maximum atomic E-state index is 4.01. The van der Waals surface area contributed by atoms with Crippen molar-refractivity contribution < 1.29 is 0 Å². The standard InChI is InChI=1S/C91H61N/c1-3-4-11-28-59(2)80-83(64-33-16-7-17-34-64)84(65-35-18-8-19-36-65)85(66-37-20-9-21-38-66)91-79-58-56-71(72-43-26-45-76(86(72)79)88(80)91)61-49-53-69(54-50-61)92(67-39-22-10-23-40-67)68-51-47-60(48-52-68)70-55-57-78-87-73(70)44-27-46-77(87)89-81(62-29-12-5-13-30-62)74-41-24-25-42-75(74)82(90(78)89)63-31-14-6-15-32-63/h3-58H,1H2,2H3/b11-4-,59-28+. The van der Waals surface area contributed by atoms with Crippen molar-refractivity contribution in [3.63, 3.8) is 0 Å². The van der Waals surface area contributed by atoms with Crippen molar-refractivity contribution in [3.05, 3.63) is 352 Å². The Balaban J connectivity index is 0.782. The van der Waals surface area contributed by atoms with Gasteiger partial charge < -0.3 is 4.90 Å². The molecule has 0 amide bonds. The summed E-state index contributed by atoms with van der Waals surface area (Å²) in [5, 5.41) is 7.60. The highest BCUT2D eigenvalue weighted by atomic mass is 15.1. The minimum atomic E-state index is 1.08. The van der Waals surface area contributed by atoms with Gasteiger partial charge in [0.05, 0.1) is 0 Å². The van der Waals surface area contributed by atoms with E-state index < -0.39 is 0 Å². The molecule has 0 saturated carbocycles. The lowest BCUT2D eigenvalue weighted by atomic mass is 9.76. The summed E-state index contributed by atoms with van der Waals surface area (Å²) in [4.78, 5) is 2.38. The van der Waals surface area contributed by atoms with E-state index in [1.807, 2.05) is 12.2 Å². The summed E-state index contributed by atoms with van der Waals surface area (Å²) in [6.45, 7) is 6.28. The van der Waals surface area contributed by atoms with E-state index in [0.29, 0.717) is 0 Å². The van der Waals surface area contributed by atoms with Crippen molar-refractivity contribution in [3.8, 4) is 122 Å². The first-order valence-corrected chi connectivity index (χ1v) is 31.9. The minimum Gasteiger partial charge on any atom is -0.311 e. The van der Waals surface area contributed by atoms with Crippen LogP contribution in [0.3, 0.4) is 0 Å². The van der Waals surface area contributed by atoms with E-state index in [9.17, 15) is 0 Å². The van der Waals surface area contributed by atoms with E-state index in [0.717, 1.165) is 22.6 Å². The molecule has 0 radical (unpaired) electrons. The zero-order valence-corrected chi connectivity index (χ0v) is 51.0. The second-order valence-corrected chi connectivity index (χ2v) is 24.1. The second-order valence-electron chi connectivity index (χ2n) is 24.1. The Morgan fingerprint density at radius 2 is 0.576 bits per heavy atom. The summed E-state index contributed by atoms with van der Waals surface area (Å²) in [5.41, 5.74) is 32.9. The van der Waals surface area contributed by atoms with Gasteiger partial charge in [-0.25, -0.2) is 0 Å².